The fraction of sp³-hybridized carbons (Fsp3) is 0.929. The topological polar surface area (TPSA) is 57.5 Å². The van der Waals surface area contributed by atoms with Crippen LogP contribution >= 0.6 is 0 Å². The van der Waals surface area contributed by atoms with Crippen LogP contribution in [-0.2, 0) is 4.79 Å². The first-order valence-corrected chi connectivity index (χ1v) is 6.69. The smallest absolute Gasteiger partial charge is 0.312 e. The van der Waals surface area contributed by atoms with Crippen molar-refractivity contribution >= 4 is 5.97 Å². The molecule has 1 aliphatic rings. The molecular weight excluding hydrogens is 216 g/mol. The Morgan fingerprint density at radius 2 is 1.76 bits per heavy atom. The number of carboxylic acid groups (broad SMARTS) is 1. The minimum atomic E-state index is -1.05. The summed E-state index contributed by atoms with van der Waals surface area (Å²) in [5.74, 6) is -0.845. The largest absolute Gasteiger partial charge is 0.481 e. The van der Waals surface area contributed by atoms with Crippen LogP contribution in [0, 0.1) is 10.8 Å². The van der Waals surface area contributed by atoms with Crippen LogP contribution in [0.1, 0.15) is 66.2 Å². The van der Waals surface area contributed by atoms with Crippen molar-refractivity contribution in [1.82, 2.24) is 0 Å². The van der Waals surface area contributed by atoms with E-state index in [2.05, 4.69) is 13.8 Å². The molecule has 1 atom stereocenters. The highest BCUT2D eigenvalue weighted by Gasteiger charge is 2.56. The van der Waals surface area contributed by atoms with Gasteiger partial charge in [-0.15, -0.1) is 0 Å². The van der Waals surface area contributed by atoms with E-state index in [-0.39, 0.29) is 5.41 Å². The van der Waals surface area contributed by atoms with E-state index in [0.29, 0.717) is 25.7 Å². The maximum absolute atomic E-state index is 11.6. The van der Waals surface area contributed by atoms with Gasteiger partial charge in [0.2, 0.25) is 0 Å². The van der Waals surface area contributed by atoms with Crippen molar-refractivity contribution in [2.75, 3.05) is 0 Å². The van der Waals surface area contributed by atoms with Crippen molar-refractivity contribution in [2.24, 2.45) is 10.8 Å². The van der Waals surface area contributed by atoms with Crippen molar-refractivity contribution in [3.05, 3.63) is 0 Å². The predicted octanol–water partition coefficient (Wildman–Crippen LogP) is 3.21. The molecular formula is C14H26O3. The van der Waals surface area contributed by atoms with Crippen molar-refractivity contribution < 1.29 is 15.0 Å². The summed E-state index contributed by atoms with van der Waals surface area (Å²) in [7, 11) is 0. The first-order chi connectivity index (χ1) is 7.73. The van der Waals surface area contributed by atoms with Gasteiger partial charge in [0, 0.05) is 0 Å². The SMILES string of the molecule is CCC(CC)(C(=O)O)C1(O)CCCC(C)(C)C1. The van der Waals surface area contributed by atoms with E-state index in [1.54, 1.807) is 0 Å². The van der Waals surface area contributed by atoms with Crippen LogP contribution in [-0.4, -0.2) is 21.8 Å². The average molecular weight is 242 g/mol. The molecule has 0 aromatic heterocycles. The highest BCUT2D eigenvalue weighted by Crippen LogP contribution is 2.52. The fourth-order valence-corrected chi connectivity index (χ4v) is 3.65. The lowest BCUT2D eigenvalue weighted by molar-refractivity contribution is -0.183. The second-order valence-electron chi connectivity index (χ2n) is 6.32. The van der Waals surface area contributed by atoms with E-state index < -0.39 is 17.0 Å². The van der Waals surface area contributed by atoms with Crippen molar-refractivity contribution in [3.8, 4) is 0 Å². The maximum Gasteiger partial charge on any atom is 0.312 e. The van der Waals surface area contributed by atoms with Gasteiger partial charge in [0.25, 0.3) is 0 Å². The molecule has 1 fully saturated rings. The number of carbonyl (C=O) groups is 1. The Morgan fingerprint density at radius 1 is 1.24 bits per heavy atom. The van der Waals surface area contributed by atoms with Gasteiger partial charge in [-0.2, -0.15) is 0 Å². The zero-order valence-corrected chi connectivity index (χ0v) is 11.5. The van der Waals surface area contributed by atoms with Gasteiger partial charge >= 0.3 is 5.97 Å². The van der Waals surface area contributed by atoms with Crippen LogP contribution < -0.4 is 0 Å². The number of hydrogen-bond acceptors (Lipinski definition) is 2. The third-order valence-corrected chi connectivity index (χ3v) is 4.72. The lowest BCUT2D eigenvalue weighted by Gasteiger charge is -2.50. The van der Waals surface area contributed by atoms with E-state index >= 15 is 0 Å². The molecule has 0 aromatic carbocycles. The zero-order chi connectivity index (χ0) is 13.3. The van der Waals surface area contributed by atoms with E-state index in [9.17, 15) is 15.0 Å². The molecule has 100 valence electrons. The second-order valence-corrected chi connectivity index (χ2v) is 6.32. The molecule has 0 spiro atoms. The summed E-state index contributed by atoms with van der Waals surface area (Å²) in [6, 6.07) is 0. The summed E-state index contributed by atoms with van der Waals surface area (Å²) in [6.45, 7) is 7.98. The molecule has 1 aliphatic carbocycles. The first-order valence-electron chi connectivity index (χ1n) is 6.69. The summed E-state index contributed by atoms with van der Waals surface area (Å²) >= 11 is 0. The van der Waals surface area contributed by atoms with Crippen LogP contribution in [0.15, 0.2) is 0 Å². The Kier molecular flexibility index (Phi) is 3.92. The van der Waals surface area contributed by atoms with Gasteiger partial charge in [-0.25, -0.2) is 0 Å². The number of hydrogen-bond donors (Lipinski definition) is 2. The van der Waals surface area contributed by atoms with Gasteiger partial charge < -0.3 is 10.2 Å². The Bertz CT molecular complexity index is 292. The highest BCUT2D eigenvalue weighted by molar-refractivity contribution is 5.76. The Labute approximate surface area is 104 Å². The third kappa shape index (κ3) is 2.35. The minimum Gasteiger partial charge on any atom is -0.481 e. The molecule has 0 bridgehead atoms. The van der Waals surface area contributed by atoms with Gasteiger partial charge in [-0.05, 0) is 37.5 Å². The Morgan fingerprint density at radius 3 is 2.12 bits per heavy atom. The molecule has 0 amide bonds. The molecule has 2 N–H and O–H groups in total. The van der Waals surface area contributed by atoms with Gasteiger partial charge in [-0.3, -0.25) is 4.79 Å². The molecule has 1 unspecified atom stereocenters. The molecule has 1 rings (SSSR count). The zero-order valence-electron chi connectivity index (χ0n) is 11.5. The number of carboxylic acids is 1. The van der Waals surface area contributed by atoms with Gasteiger partial charge in [0.05, 0.1) is 11.0 Å². The van der Waals surface area contributed by atoms with E-state index in [1.807, 2.05) is 13.8 Å². The molecule has 0 aromatic rings. The van der Waals surface area contributed by atoms with Crippen LogP contribution in [0.25, 0.3) is 0 Å². The van der Waals surface area contributed by atoms with Gasteiger partial charge in [-0.1, -0.05) is 34.1 Å². The van der Waals surface area contributed by atoms with Crippen molar-refractivity contribution in [1.29, 1.82) is 0 Å². The molecule has 0 heterocycles. The van der Waals surface area contributed by atoms with E-state index in [4.69, 9.17) is 0 Å². The second kappa shape index (κ2) is 4.60. The number of aliphatic carboxylic acids is 1. The van der Waals surface area contributed by atoms with Gasteiger partial charge in [0.15, 0.2) is 0 Å². The van der Waals surface area contributed by atoms with E-state index in [0.717, 1.165) is 12.8 Å². The highest BCUT2D eigenvalue weighted by atomic mass is 16.4. The van der Waals surface area contributed by atoms with Crippen molar-refractivity contribution in [2.45, 2.75) is 71.8 Å². The third-order valence-electron chi connectivity index (χ3n) is 4.72. The number of aliphatic hydroxyl groups is 1. The Balaban J connectivity index is 3.12. The van der Waals surface area contributed by atoms with Crippen LogP contribution in [0.2, 0.25) is 0 Å². The van der Waals surface area contributed by atoms with Crippen molar-refractivity contribution in [3.63, 3.8) is 0 Å². The summed E-state index contributed by atoms with van der Waals surface area (Å²) < 4.78 is 0. The number of rotatable bonds is 4. The maximum atomic E-state index is 11.6. The average Bonchev–Trinajstić information content (AvgIpc) is 2.17. The predicted molar refractivity (Wildman–Crippen MR) is 67.8 cm³/mol. The molecule has 1 saturated carbocycles. The lowest BCUT2D eigenvalue weighted by Crippen LogP contribution is -2.56. The van der Waals surface area contributed by atoms with E-state index in [1.165, 1.54) is 0 Å². The minimum absolute atomic E-state index is 0.0397. The van der Waals surface area contributed by atoms with Crippen LogP contribution in [0.5, 0.6) is 0 Å². The summed E-state index contributed by atoms with van der Waals surface area (Å²) in [4.78, 5) is 11.6. The molecule has 3 nitrogen and oxygen atoms in total. The quantitative estimate of drug-likeness (QED) is 0.796. The molecule has 0 radical (unpaired) electrons. The Hall–Kier alpha value is -0.570. The molecule has 0 saturated heterocycles. The standard InChI is InChI=1S/C14H26O3/c1-5-13(6-2,11(15)16)14(17)9-7-8-12(3,4)10-14/h17H,5-10H2,1-4H3,(H,15,16). The first kappa shape index (κ1) is 14.5. The fourth-order valence-electron chi connectivity index (χ4n) is 3.65. The normalized spacial score (nSPS) is 29.0. The lowest BCUT2D eigenvalue weighted by atomic mass is 9.57. The van der Waals surface area contributed by atoms with Gasteiger partial charge in [0.1, 0.15) is 0 Å². The summed E-state index contributed by atoms with van der Waals surface area (Å²) in [5.41, 5.74) is -1.99. The molecule has 17 heavy (non-hydrogen) atoms. The monoisotopic (exact) mass is 242 g/mol. The molecule has 0 aliphatic heterocycles. The summed E-state index contributed by atoms with van der Waals surface area (Å²) in [5, 5.41) is 20.5. The summed E-state index contributed by atoms with van der Waals surface area (Å²) in [6.07, 6.45) is 4.17. The molecule has 3 heteroatoms. The van der Waals surface area contributed by atoms with Crippen LogP contribution in [0.3, 0.4) is 0 Å². The van der Waals surface area contributed by atoms with Crippen LogP contribution in [0.4, 0.5) is 0 Å².